The first-order chi connectivity index (χ1) is 9.60. The van der Waals surface area contributed by atoms with Gasteiger partial charge in [0.05, 0.1) is 0 Å². The minimum atomic E-state index is -0.374. The van der Waals surface area contributed by atoms with E-state index in [-0.39, 0.29) is 23.1 Å². The van der Waals surface area contributed by atoms with Gasteiger partial charge in [-0.1, -0.05) is 18.7 Å². The first kappa shape index (κ1) is 12.0. The van der Waals surface area contributed by atoms with Crippen LogP contribution in [0.3, 0.4) is 0 Å². The van der Waals surface area contributed by atoms with Gasteiger partial charge >= 0.3 is 0 Å². The molecule has 3 bridgehead atoms. The maximum absolute atomic E-state index is 12.3. The van der Waals surface area contributed by atoms with Gasteiger partial charge in [0.15, 0.2) is 17.6 Å². The number of Topliss-reactive ketones (excluding diaryl/α,β-unsaturated/α-hetero) is 1. The summed E-state index contributed by atoms with van der Waals surface area (Å²) in [4.78, 5) is 12.3. The van der Waals surface area contributed by atoms with Gasteiger partial charge in [-0.3, -0.25) is 4.79 Å². The molecule has 3 heteroatoms. The second kappa shape index (κ2) is 3.87. The lowest BCUT2D eigenvalue weighted by atomic mass is 9.57. The number of fused-ring (bicyclic) bond motifs is 2. The van der Waals surface area contributed by atoms with E-state index in [0.717, 1.165) is 24.8 Å². The highest BCUT2D eigenvalue weighted by Gasteiger charge is 2.58. The molecule has 0 aromatic rings. The molecule has 3 atom stereocenters. The number of rotatable bonds is 0. The van der Waals surface area contributed by atoms with Crippen molar-refractivity contribution in [2.45, 2.75) is 38.2 Å². The second-order valence-electron chi connectivity index (χ2n) is 6.42. The SMILES string of the molecule is C=C1/C=C\C(O)=C2/CC34CC1=CCC3CCC(=O)C4O2. The molecule has 1 saturated carbocycles. The van der Waals surface area contributed by atoms with Crippen molar-refractivity contribution in [2.24, 2.45) is 11.3 Å². The Balaban J connectivity index is 1.92. The van der Waals surface area contributed by atoms with Crippen LogP contribution in [0.15, 0.2) is 47.5 Å². The third-order valence-corrected chi connectivity index (χ3v) is 5.43. The molecule has 104 valence electrons. The molecule has 3 aliphatic carbocycles. The zero-order valence-corrected chi connectivity index (χ0v) is 11.4. The summed E-state index contributed by atoms with van der Waals surface area (Å²) >= 11 is 0. The number of carbonyl (C=O) groups is 1. The quantitative estimate of drug-likeness (QED) is 0.734. The van der Waals surface area contributed by atoms with Crippen LogP contribution in [0.5, 0.6) is 0 Å². The van der Waals surface area contributed by atoms with Gasteiger partial charge < -0.3 is 9.84 Å². The summed E-state index contributed by atoms with van der Waals surface area (Å²) in [7, 11) is 0. The van der Waals surface area contributed by atoms with Crippen molar-refractivity contribution in [1.29, 1.82) is 0 Å². The molecule has 0 aromatic heterocycles. The van der Waals surface area contributed by atoms with Crippen LogP contribution in [0.2, 0.25) is 0 Å². The van der Waals surface area contributed by atoms with Crippen LogP contribution < -0.4 is 0 Å². The molecule has 1 heterocycles. The van der Waals surface area contributed by atoms with Gasteiger partial charge in [-0.05, 0) is 42.4 Å². The number of hydrogen-bond acceptors (Lipinski definition) is 3. The Kier molecular flexibility index (Phi) is 2.33. The Bertz CT molecular complexity index is 608. The molecule has 1 saturated heterocycles. The maximum atomic E-state index is 12.3. The smallest absolute Gasteiger partial charge is 0.173 e. The molecule has 1 aliphatic heterocycles. The van der Waals surface area contributed by atoms with E-state index in [2.05, 4.69) is 12.7 Å². The van der Waals surface area contributed by atoms with E-state index >= 15 is 0 Å². The Morgan fingerprint density at radius 1 is 1.35 bits per heavy atom. The van der Waals surface area contributed by atoms with Gasteiger partial charge in [-0.25, -0.2) is 0 Å². The summed E-state index contributed by atoms with van der Waals surface area (Å²) < 4.78 is 5.88. The lowest BCUT2D eigenvalue weighted by Gasteiger charge is -2.46. The van der Waals surface area contributed by atoms with Crippen molar-refractivity contribution in [3.63, 3.8) is 0 Å². The van der Waals surface area contributed by atoms with E-state index in [1.54, 1.807) is 6.08 Å². The second-order valence-corrected chi connectivity index (χ2v) is 6.42. The van der Waals surface area contributed by atoms with Crippen LogP contribution in [-0.2, 0) is 9.53 Å². The number of aliphatic hydroxyl groups is 1. The van der Waals surface area contributed by atoms with E-state index in [1.807, 2.05) is 6.08 Å². The Morgan fingerprint density at radius 2 is 2.20 bits per heavy atom. The van der Waals surface area contributed by atoms with Crippen LogP contribution in [0.1, 0.15) is 32.1 Å². The molecule has 20 heavy (non-hydrogen) atoms. The third kappa shape index (κ3) is 1.43. The van der Waals surface area contributed by atoms with Crippen molar-refractivity contribution >= 4 is 5.78 Å². The molecule has 0 aromatic carbocycles. The Labute approximate surface area is 118 Å². The predicted molar refractivity (Wildman–Crippen MR) is 74.9 cm³/mol. The Hall–Kier alpha value is -1.77. The zero-order valence-electron chi connectivity index (χ0n) is 11.4. The molecular formula is C17H18O3. The normalized spacial score (nSPS) is 44.1. The summed E-state index contributed by atoms with van der Waals surface area (Å²) in [6, 6.07) is 0. The van der Waals surface area contributed by atoms with E-state index in [0.29, 0.717) is 24.5 Å². The minimum absolute atomic E-state index is 0.148. The van der Waals surface area contributed by atoms with E-state index in [4.69, 9.17) is 4.74 Å². The lowest BCUT2D eigenvalue weighted by molar-refractivity contribution is -0.138. The fourth-order valence-corrected chi connectivity index (χ4v) is 4.31. The monoisotopic (exact) mass is 270 g/mol. The molecule has 0 amide bonds. The van der Waals surface area contributed by atoms with Crippen LogP contribution in [0.4, 0.5) is 0 Å². The van der Waals surface area contributed by atoms with Crippen molar-refractivity contribution in [2.75, 3.05) is 0 Å². The number of ether oxygens (including phenoxy) is 1. The molecule has 1 spiro atoms. The predicted octanol–water partition coefficient (Wildman–Crippen LogP) is 3.36. The van der Waals surface area contributed by atoms with E-state index < -0.39 is 0 Å². The highest BCUT2D eigenvalue weighted by molar-refractivity contribution is 5.86. The summed E-state index contributed by atoms with van der Waals surface area (Å²) in [5, 5.41) is 10.2. The molecular weight excluding hydrogens is 252 g/mol. The number of carbonyl (C=O) groups excluding carboxylic acids is 1. The average Bonchev–Trinajstić information content (AvgIpc) is 2.84. The fraction of sp³-hybridized carbons (Fsp3) is 0.471. The maximum Gasteiger partial charge on any atom is 0.173 e. The fourth-order valence-electron chi connectivity index (χ4n) is 4.31. The summed E-state index contributed by atoms with van der Waals surface area (Å²) in [6.07, 6.45) is 9.42. The summed E-state index contributed by atoms with van der Waals surface area (Å²) in [5.41, 5.74) is 1.99. The van der Waals surface area contributed by atoms with Gasteiger partial charge in [-0.2, -0.15) is 0 Å². The van der Waals surface area contributed by atoms with Crippen LogP contribution in [-0.4, -0.2) is 17.0 Å². The number of aliphatic hydroxyl groups excluding tert-OH is 1. The molecule has 4 aliphatic rings. The summed E-state index contributed by atoms with van der Waals surface area (Å²) in [5.74, 6) is 1.41. The van der Waals surface area contributed by atoms with Crippen molar-refractivity contribution < 1.29 is 14.6 Å². The van der Waals surface area contributed by atoms with Crippen molar-refractivity contribution in [3.05, 3.63) is 47.5 Å². The van der Waals surface area contributed by atoms with E-state index in [1.165, 1.54) is 5.57 Å². The molecule has 3 unspecified atom stereocenters. The summed E-state index contributed by atoms with van der Waals surface area (Å²) in [6.45, 7) is 4.09. The van der Waals surface area contributed by atoms with Gasteiger partial charge in [0, 0.05) is 18.3 Å². The van der Waals surface area contributed by atoms with Gasteiger partial charge in [0.25, 0.3) is 0 Å². The average molecular weight is 270 g/mol. The van der Waals surface area contributed by atoms with Crippen molar-refractivity contribution in [1.82, 2.24) is 0 Å². The Morgan fingerprint density at radius 3 is 3.05 bits per heavy atom. The zero-order chi connectivity index (χ0) is 13.9. The first-order valence-electron chi connectivity index (χ1n) is 7.28. The van der Waals surface area contributed by atoms with Gasteiger partial charge in [0.1, 0.15) is 5.76 Å². The molecule has 2 fully saturated rings. The standard InChI is InChI=1S/C17H18O3/c1-10-2-6-13(18)15-9-17-8-11(10)3-4-12(17)5-7-14(19)16(17)20-15/h2-3,6,12,16,18H,1,4-5,7-9H2/b6-2-,15-13-. The number of ketones is 1. The van der Waals surface area contributed by atoms with Gasteiger partial charge in [0.2, 0.25) is 0 Å². The largest absolute Gasteiger partial charge is 0.504 e. The van der Waals surface area contributed by atoms with Crippen LogP contribution in [0.25, 0.3) is 0 Å². The third-order valence-electron chi connectivity index (χ3n) is 5.43. The van der Waals surface area contributed by atoms with Gasteiger partial charge in [-0.15, -0.1) is 0 Å². The number of hydrogen-bond donors (Lipinski definition) is 1. The van der Waals surface area contributed by atoms with Crippen LogP contribution in [0, 0.1) is 11.3 Å². The molecule has 3 nitrogen and oxygen atoms in total. The minimum Gasteiger partial charge on any atom is -0.504 e. The highest BCUT2D eigenvalue weighted by atomic mass is 16.5. The van der Waals surface area contributed by atoms with Crippen LogP contribution >= 0.6 is 0 Å². The van der Waals surface area contributed by atoms with E-state index in [9.17, 15) is 9.90 Å². The topological polar surface area (TPSA) is 46.5 Å². The highest BCUT2D eigenvalue weighted by Crippen LogP contribution is 2.59. The first-order valence-corrected chi connectivity index (χ1v) is 7.28. The number of allylic oxidation sites excluding steroid dienone is 6. The molecule has 1 N–H and O–H groups in total. The van der Waals surface area contributed by atoms with Crippen molar-refractivity contribution in [3.8, 4) is 0 Å². The molecule has 4 rings (SSSR count). The lowest BCUT2D eigenvalue weighted by Crippen LogP contribution is -2.48. The molecule has 0 radical (unpaired) electrons.